The van der Waals surface area contributed by atoms with Gasteiger partial charge in [-0.1, -0.05) is 48.5 Å². The zero-order chi connectivity index (χ0) is 50.2. The molecule has 0 aliphatic rings. The van der Waals surface area contributed by atoms with Gasteiger partial charge in [-0.05, 0) is 135 Å². The van der Waals surface area contributed by atoms with Crippen molar-refractivity contribution in [2.75, 3.05) is 6.54 Å². The van der Waals surface area contributed by atoms with Gasteiger partial charge in [0.2, 0.25) is 23.5 Å². The van der Waals surface area contributed by atoms with Crippen molar-refractivity contribution in [1.29, 1.82) is 10.5 Å². The van der Waals surface area contributed by atoms with Gasteiger partial charge in [0.15, 0.2) is 0 Å². The normalized spacial score (nSPS) is 11.8. The summed E-state index contributed by atoms with van der Waals surface area (Å²) < 4.78 is 26.0. The van der Waals surface area contributed by atoms with Gasteiger partial charge in [0.1, 0.15) is 50.0 Å². The highest BCUT2D eigenvalue weighted by Gasteiger charge is 2.20. The number of benzene rings is 2. The maximum absolute atomic E-state index is 11.1. The Labute approximate surface area is 421 Å². The highest BCUT2D eigenvalue weighted by molar-refractivity contribution is 9.10. The number of aliphatic carboxylic acids is 2. The molecule has 0 spiro atoms. The highest BCUT2D eigenvalue weighted by atomic mass is 79.9. The molecular formula is C51H49Br2N7O10. The van der Waals surface area contributed by atoms with E-state index in [-0.39, 0.29) is 87.3 Å². The summed E-state index contributed by atoms with van der Waals surface area (Å²) in [5.41, 5.74) is 8.57. The molecule has 0 saturated heterocycles. The molecule has 4 heterocycles. The number of aliphatic hydroxyl groups excluding tert-OH is 2. The van der Waals surface area contributed by atoms with Crippen LogP contribution in [0.2, 0.25) is 0 Å². The number of nitrogens with zero attached hydrogens (tertiary/aromatic N) is 6. The van der Waals surface area contributed by atoms with Gasteiger partial charge in [-0.2, -0.15) is 20.5 Å². The summed E-state index contributed by atoms with van der Waals surface area (Å²) in [5.74, 6) is -1.16. The number of rotatable bonds is 25. The Bertz CT molecular complexity index is 2710. The van der Waals surface area contributed by atoms with Crippen LogP contribution in [0, 0.1) is 36.5 Å². The molecule has 5 N–H and O–H groups in total. The Morgan fingerprint density at radius 2 is 1.07 bits per heavy atom. The molecular weight excluding hydrogens is 1030 g/mol. The SMILES string of the molecule is Cc1c(COc2nc(OCc3cccc(C#N)n3)c(CCC[C@@H](O)CC(=O)O)cc2Br)cccc1-c1cccc(COc2nc(OCc3cccc(C#N)n3)c(CNC[C@@H](O)CC(=O)O)cc2Br)c1C. The van der Waals surface area contributed by atoms with Crippen LogP contribution in [0.3, 0.4) is 0 Å². The summed E-state index contributed by atoms with van der Waals surface area (Å²) in [6.07, 6.45) is -1.66. The van der Waals surface area contributed by atoms with Gasteiger partial charge in [-0.25, -0.2) is 9.97 Å². The number of carboxylic acid groups (broad SMARTS) is 2. The molecule has 70 heavy (non-hydrogen) atoms. The third-order valence-electron chi connectivity index (χ3n) is 10.9. The molecule has 362 valence electrons. The van der Waals surface area contributed by atoms with Crippen molar-refractivity contribution in [2.45, 2.75) is 91.1 Å². The van der Waals surface area contributed by atoms with Crippen LogP contribution < -0.4 is 24.3 Å². The summed E-state index contributed by atoms with van der Waals surface area (Å²) in [4.78, 5) is 40.2. The molecule has 0 aliphatic carbocycles. The number of ether oxygens (including phenoxy) is 4. The lowest BCUT2D eigenvalue weighted by Crippen LogP contribution is -2.28. The predicted molar refractivity (Wildman–Crippen MR) is 262 cm³/mol. The molecule has 2 aromatic carbocycles. The second-order valence-corrected chi connectivity index (χ2v) is 17.8. The van der Waals surface area contributed by atoms with Crippen LogP contribution in [-0.4, -0.2) is 71.1 Å². The minimum absolute atomic E-state index is 0.00191. The van der Waals surface area contributed by atoms with E-state index in [1.807, 2.05) is 68.5 Å². The fraction of sp³-hybridized carbons (Fsp3) is 0.294. The Hall–Kier alpha value is -7.00. The average molecular weight is 1080 g/mol. The topological polar surface area (TPSA) is 263 Å². The van der Waals surface area contributed by atoms with Crippen LogP contribution in [0.4, 0.5) is 0 Å². The number of aliphatic hydroxyl groups is 2. The van der Waals surface area contributed by atoms with Crippen molar-refractivity contribution >= 4 is 43.8 Å². The number of nitrogens with one attached hydrogen (secondary N) is 1. The van der Waals surface area contributed by atoms with Crippen LogP contribution in [0.25, 0.3) is 11.1 Å². The average Bonchev–Trinajstić information content (AvgIpc) is 3.33. The molecule has 6 aromatic rings. The molecule has 17 nitrogen and oxygen atoms in total. The minimum atomic E-state index is -1.11. The maximum Gasteiger partial charge on any atom is 0.306 e. The fourth-order valence-electron chi connectivity index (χ4n) is 7.31. The quantitative estimate of drug-likeness (QED) is 0.0361. The maximum atomic E-state index is 11.1. The Kier molecular flexibility index (Phi) is 19.1. The number of aryl methyl sites for hydroxylation is 1. The number of hydrogen-bond acceptors (Lipinski definition) is 15. The van der Waals surface area contributed by atoms with Gasteiger partial charge in [-0.3, -0.25) is 9.59 Å². The third-order valence-corrected chi connectivity index (χ3v) is 12.1. The monoisotopic (exact) mass is 1080 g/mol. The second-order valence-electron chi connectivity index (χ2n) is 16.1. The number of aromatic nitrogens is 4. The van der Waals surface area contributed by atoms with E-state index in [1.165, 1.54) is 0 Å². The molecule has 0 amide bonds. The molecule has 2 atom stereocenters. The lowest BCUT2D eigenvalue weighted by molar-refractivity contribution is -0.140. The van der Waals surface area contributed by atoms with E-state index >= 15 is 0 Å². The van der Waals surface area contributed by atoms with Gasteiger partial charge in [0.25, 0.3) is 0 Å². The number of carbonyl (C=O) groups is 2. The first-order valence-corrected chi connectivity index (χ1v) is 23.6. The lowest BCUT2D eigenvalue weighted by Gasteiger charge is -2.18. The second kappa shape index (κ2) is 25.6. The Balaban J connectivity index is 1.18. The summed E-state index contributed by atoms with van der Waals surface area (Å²) in [7, 11) is 0. The first-order chi connectivity index (χ1) is 33.7. The van der Waals surface area contributed by atoms with Crippen molar-refractivity contribution < 1.29 is 49.0 Å². The predicted octanol–water partition coefficient (Wildman–Crippen LogP) is 8.22. The lowest BCUT2D eigenvalue weighted by atomic mass is 9.92. The highest BCUT2D eigenvalue weighted by Crippen LogP contribution is 2.35. The Morgan fingerprint density at radius 1 is 0.614 bits per heavy atom. The molecule has 0 saturated carbocycles. The third kappa shape index (κ3) is 15.0. The number of nitriles is 2. The van der Waals surface area contributed by atoms with E-state index in [2.05, 4.69) is 47.1 Å². The summed E-state index contributed by atoms with van der Waals surface area (Å²) >= 11 is 7.20. The summed E-state index contributed by atoms with van der Waals surface area (Å²) in [5, 5.41) is 60.1. The van der Waals surface area contributed by atoms with Crippen LogP contribution in [0.5, 0.6) is 23.5 Å². The van der Waals surface area contributed by atoms with Crippen molar-refractivity contribution in [3.8, 4) is 46.8 Å². The van der Waals surface area contributed by atoms with Crippen molar-refractivity contribution in [3.05, 3.63) is 150 Å². The van der Waals surface area contributed by atoms with Gasteiger partial charge >= 0.3 is 11.9 Å². The summed E-state index contributed by atoms with van der Waals surface area (Å²) in [6, 6.07) is 29.7. The number of halogens is 2. The standard InChI is InChI=1S/C51H49Br2N7O10/c1-30-33(26-67-50-44(52)18-32(8-3-15-40(61)20-46(63)64)48(59-50)69-28-38-13-6-11-36(22-54)57-38)9-4-16-42(30)43-17-5-10-34(31(43)2)27-68-51-45(53)19-35(24-56-25-41(62)21-47(65)66)49(60-51)70-29-39-14-7-12-37(23-55)58-39/h4-7,9-14,16-19,40-41,56,61-62H,3,8,15,20-21,24-29H2,1-2H3,(H,63,64)(H,65,66)/t40-,41+/m1/s1. The van der Waals surface area contributed by atoms with E-state index in [1.54, 1.807) is 42.5 Å². The summed E-state index contributed by atoms with van der Waals surface area (Å²) in [6.45, 7) is 4.60. The van der Waals surface area contributed by atoms with E-state index in [0.29, 0.717) is 44.3 Å². The number of hydrogen-bond donors (Lipinski definition) is 5. The van der Waals surface area contributed by atoms with Gasteiger partial charge in [0.05, 0.1) is 45.4 Å². The van der Waals surface area contributed by atoms with Crippen LogP contribution in [-0.2, 0) is 49.0 Å². The van der Waals surface area contributed by atoms with Gasteiger partial charge < -0.3 is 44.7 Å². The zero-order valence-corrected chi connectivity index (χ0v) is 41.4. The molecule has 0 fully saturated rings. The van der Waals surface area contributed by atoms with Crippen LogP contribution in [0.1, 0.15) is 81.8 Å². The minimum Gasteiger partial charge on any atom is -0.481 e. The fourth-order valence-corrected chi connectivity index (χ4v) is 8.27. The van der Waals surface area contributed by atoms with Crippen molar-refractivity contribution in [1.82, 2.24) is 25.3 Å². The molecule has 0 bridgehead atoms. The Morgan fingerprint density at radius 3 is 1.57 bits per heavy atom. The van der Waals surface area contributed by atoms with E-state index in [0.717, 1.165) is 33.4 Å². The van der Waals surface area contributed by atoms with Crippen molar-refractivity contribution in [2.24, 2.45) is 0 Å². The molecule has 4 aromatic heterocycles. The molecule has 0 radical (unpaired) electrons. The first-order valence-electron chi connectivity index (χ1n) is 22.0. The van der Waals surface area contributed by atoms with E-state index < -0.39 is 30.6 Å². The van der Waals surface area contributed by atoms with Crippen LogP contribution in [0.15, 0.2) is 93.9 Å². The molecule has 0 aliphatic heterocycles. The van der Waals surface area contributed by atoms with Crippen LogP contribution >= 0.6 is 31.9 Å². The van der Waals surface area contributed by atoms with Gasteiger partial charge in [-0.15, -0.1) is 0 Å². The smallest absolute Gasteiger partial charge is 0.306 e. The van der Waals surface area contributed by atoms with E-state index in [4.69, 9.17) is 39.1 Å². The first kappa shape index (κ1) is 52.4. The molecule has 0 unspecified atom stereocenters. The largest absolute Gasteiger partial charge is 0.481 e. The number of pyridine rings is 4. The molecule has 6 rings (SSSR count). The van der Waals surface area contributed by atoms with E-state index in [9.17, 15) is 30.3 Å². The van der Waals surface area contributed by atoms with Crippen molar-refractivity contribution in [3.63, 3.8) is 0 Å². The van der Waals surface area contributed by atoms with Gasteiger partial charge in [0, 0.05) is 24.2 Å². The zero-order valence-electron chi connectivity index (χ0n) is 38.2. The molecule has 19 heteroatoms. The number of carboxylic acids is 2.